The molecule has 3 saturated carbocycles. The van der Waals surface area contributed by atoms with Gasteiger partial charge in [0.15, 0.2) is 11.6 Å². The van der Waals surface area contributed by atoms with E-state index in [2.05, 4.69) is 13.8 Å². The zero-order chi connectivity index (χ0) is 25.1. The van der Waals surface area contributed by atoms with Crippen LogP contribution in [-0.4, -0.2) is 54.4 Å². The SMILES string of the molecule is CCCOC1(OCCC)OCC(=O)[C@]2(CC[C@H]3[C@@H]4CCC5=CC(=O)C=C[C@]5(C)[C@H]4C(O)C[C@@]32C)O1. The van der Waals surface area contributed by atoms with Crippen molar-refractivity contribution < 1.29 is 33.6 Å². The van der Waals surface area contributed by atoms with Gasteiger partial charge in [-0.1, -0.05) is 39.3 Å². The Morgan fingerprint density at radius 3 is 2.51 bits per heavy atom. The lowest BCUT2D eigenvalue weighted by molar-refractivity contribution is -0.530. The van der Waals surface area contributed by atoms with Gasteiger partial charge in [-0.05, 0) is 68.9 Å². The van der Waals surface area contributed by atoms with E-state index in [0.29, 0.717) is 26.1 Å². The van der Waals surface area contributed by atoms with Crippen molar-refractivity contribution in [3.05, 3.63) is 23.8 Å². The molecule has 1 unspecified atom stereocenters. The molecule has 5 rings (SSSR count). The third-order valence-corrected chi connectivity index (χ3v) is 9.71. The van der Waals surface area contributed by atoms with Gasteiger partial charge in [-0.3, -0.25) is 19.1 Å². The van der Waals surface area contributed by atoms with Gasteiger partial charge in [0.2, 0.25) is 0 Å². The van der Waals surface area contributed by atoms with Crippen LogP contribution < -0.4 is 0 Å². The summed E-state index contributed by atoms with van der Waals surface area (Å²) in [6.07, 6.45) is 8.22. The number of fused-ring (bicyclic) bond motifs is 6. The van der Waals surface area contributed by atoms with E-state index in [0.717, 1.165) is 37.7 Å². The standard InChI is InChI=1S/C28H40O7/c1-5-13-32-28(33-14-6-2)34-17-23(31)27(35-28)12-10-21-20-8-7-18-15-19(29)9-11-25(18,3)24(20)22(30)16-26(21,27)4/h9,11,15,20-22,24,30H,5-8,10,12-14,16-17H2,1-4H3/t20-,21-,22?,24+,25-,26-,27-/m0/s1. The number of Topliss-reactive ketones (excluding diaryl/α,β-unsaturated/α-hetero) is 1. The van der Waals surface area contributed by atoms with Crippen LogP contribution in [0, 0.1) is 28.6 Å². The van der Waals surface area contributed by atoms with Gasteiger partial charge in [-0.15, -0.1) is 0 Å². The van der Waals surface area contributed by atoms with Gasteiger partial charge in [0.1, 0.15) is 12.2 Å². The Labute approximate surface area is 208 Å². The number of aliphatic hydroxyl groups is 1. The van der Waals surface area contributed by atoms with Crippen LogP contribution in [0.5, 0.6) is 0 Å². The lowest BCUT2D eigenvalue weighted by Gasteiger charge is -2.61. The number of carbonyl (C=O) groups is 2. The maximum Gasteiger partial charge on any atom is 0.414 e. The van der Waals surface area contributed by atoms with Crippen LogP contribution in [0.1, 0.15) is 72.6 Å². The summed E-state index contributed by atoms with van der Waals surface area (Å²) < 4.78 is 24.3. The number of aliphatic hydroxyl groups excluding tert-OH is 1. The summed E-state index contributed by atoms with van der Waals surface area (Å²) in [5.74, 6) is 0.382. The second-order valence-corrected chi connectivity index (χ2v) is 11.6. The molecule has 1 aliphatic heterocycles. The fraction of sp³-hybridized carbons (Fsp3) is 0.786. The summed E-state index contributed by atoms with van der Waals surface area (Å²) in [6.45, 7) is 8.93. The third kappa shape index (κ3) is 3.64. The molecule has 0 aromatic rings. The maximum atomic E-state index is 13.6. The minimum Gasteiger partial charge on any atom is -0.393 e. The van der Waals surface area contributed by atoms with Gasteiger partial charge in [0, 0.05) is 16.7 Å². The Morgan fingerprint density at radius 1 is 1.11 bits per heavy atom. The normalized spacial score (nSPS) is 44.1. The lowest BCUT2D eigenvalue weighted by atomic mass is 9.46. The number of ketones is 2. The van der Waals surface area contributed by atoms with E-state index < -0.39 is 23.3 Å². The number of hydrogen-bond acceptors (Lipinski definition) is 7. The van der Waals surface area contributed by atoms with Crippen molar-refractivity contribution in [1.29, 1.82) is 0 Å². The van der Waals surface area contributed by atoms with Crippen molar-refractivity contribution in [1.82, 2.24) is 0 Å². The van der Waals surface area contributed by atoms with E-state index in [-0.39, 0.29) is 41.3 Å². The molecule has 1 saturated heterocycles. The van der Waals surface area contributed by atoms with Crippen molar-refractivity contribution in [2.24, 2.45) is 28.6 Å². The Bertz CT molecular complexity index is 932. The molecule has 194 valence electrons. The van der Waals surface area contributed by atoms with Gasteiger partial charge in [0.25, 0.3) is 0 Å². The molecule has 0 aromatic carbocycles. The molecule has 0 aromatic heterocycles. The highest BCUT2D eigenvalue weighted by Gasteiger charge is 2.72. The average molecular weight is 489 g/mol. The number of hydrogen-bond donors (Lipinski definition) is 1. The monoisotopic (exact) mass is 488 g/mol. The first kappa shape index (κ1) is 25.3. The van der Waals surface area contributed by atoms with Crippen LogP contribution in [0.25, 0.3) is 0 Å². The molecular weight excluding hydrogens is 448 g/mol. The Kier molecular flexibility index (Phi) is 6.41. The van der Waals surface area contributed by atoms with Crippen molar-refractivity contribution in [2.75, 3.05) is 19.8 Å². The summed E-state index contributed by atoms with van der Waals surface area (Å²) >= 11 is 0. The summed E-state index contributed by atoms with van der Waals surface area (Å²) in [5, 5.41) is 11.7. The molecule has 5 aliphatic rings. The Morgan fingerprint density at radius 2 is 1.83 bits per heavy atom. The number of carbonyl (C=O) groups excluding carboxylic acids is 2. The fourth-order valence-corrected chi connectivity index (χ4v) is 8.15. The molecule has 0 amide bonds. The van der Waals surface area contributed by atoms with Gasteiger partial charge in [-0.2, -0.15) is 0 Å². The summed E-state index contributed by atoms with van der Waals surface area (Å²) in [4.78, 5) is 25.7. The third-order valence-electron chi connectivity index (χ3n) is 9.71. The highest BCUT2D eigenvalue weighted by atomic mass is 17.0. The summed E-state index contributed by atoms with van der Waals surface area (Å²) in [7, 11) is 0. The molecule has 4 fully saturated rings. The predicted octanol–water partition coefficient (Wildman–Crippen LogP) is 4.08. The molecule has 0 radical (unpaired) electrons. The van der Waals surface area contributed by atoms with Crippen molar-refractivity contribution in [2.45, 2.75) is 90.5 Å². The van der Waals surface area contributed by atoms with E-state index in [1.54, 1.807) is 12.2 Å². The topological polar surface area (TPSA) is 91.3 Å². The smallest absolute Gasteiger partial charge is 0.393 e. The van der Waals surface area contributed by atoms with Gasteiger partial charge in [-0.25, -0.2) is 0 Å². The minimum absolute atomic E-state index is 0.00691. The molecule has 1 N–H and O–H groups in total. The van der Waals surface area contributed by atoms with Crippen LogP contribution in [0.2, 0.25) is 0 Å². The van der Waals surface area contributed by atoms with Gasteiger partial charge < -0.3 is 14.6 Å². The summed E-state index contributed by atoms with van der Waals surface area (Å²) in [5.41, 5.74) is -0.915. The van der Waals surface area contributed by atoms with Crippen molar-refractivity contribution >= 4 is 11.6 Å². The quantitative estimate of drug-likeness (QED) is 0.563. The van der Waals surface area contributed by atoms with E-state index >= 15 is 0 Å². The molecule has 0 bridgehead atoms. The number of rotatable bonds is 6. The molecule has 35 heavy (non-hydrogen) atoms. The highest BCUT2D eigenvalue weighted by Crippen LogP contribution is 2.68. The largest absolute Gasteiger partial charge is 0.414 e. The first-order valence-corrected chi connectivity index (χ1v) is 13.4. The number of allylic oxidation sites excluding steroid dienone is 4. The molecule has 7 heteroatoms. The second kappa shape index (κ2) is 8.88. The van der Waals surface area contributed by atoms with Gasteiger partial charge >= 0.3 is 6.16 Å². The molecule has 1 spiro atoms. The van der Waals surface area contributed by atoms with Crippen molar-refractivity contribution in [3.8, 4) is 0 Å². The Hall–Kier alpha value is -1.38. The van der Waals surface area contributed by atoms with E-state index in [1.807, 2.05) is 19.9 Å². The Balaban J connectivity index is 1.50. The van der Waals surface area contributed by atoms with Crippen LogP contribution in [0.3, 0.4) is 0 Å². The van der Waals surface area contributed by atoms with Crippen LogP contribution >= 0.6 is 0 Å². The minimum atomic E-state index is -1.69. The lowest BCUT2D eigenvalue weighted by Crippen LogP contribution is -2.68. The van der Waals surface area contributed by atoms with Gasteiger partial charge in [0.05, 0.1) is 19.3 Å². The molecule has 4 aliphatic carbocycles. The zero-order valence-corrected chi connectivity index (χ0v) is 21.5. The molecule has 7 atom stereocenters. The molecule has 7 nitrogen and oxygen atoms in total. The van der Waals surface area contributed by atoms with E-state index in [1.165, 1.54) is 0 Å². The van der Waals surface area contributed by atoms with Crippen LogP contribution in [-0.2, 0) is 28.5 Å². The van der Waals surface area contributed by atoms with Crippen LogP contribution in [0.15, 0.2) is 23.8 Å². The first-order chi connectivity index (χ1) is 16.6. The fourth-order valence-electron chi connectivity index (χ4n) is 8.15. The average Bonchev–Trinajstić information content (AvgIpc) is 3.11. The van der Waals surface area contributed by atoms with E-state index in [4.69, 9.17) is 18.9 Å². The first-order valence-electron chi connectivity index (χ1n) is 13.4. The predicted molar refractivity (Wildman–Crippen MR) is 128 cm³/mol. The summed E-state index contributed by atoms with van der Waals surface area (Å²) in [6, 6.07) is 0. The van der Waals surface area contributed by atoms with Crippen LogP contribution in [0.4, 0.5) is 0 Å². The van der Waals surface area contributed by atoms with E-state index in [9.17, 15) is 14.7 Å². The zero-order valence-electron chi connectivity index (χ0n) is 21.5. The maximum absolute atomic E-state index is 13.6. The second-order valence-electron chi connectivity index (χ2n) is 11.6. The molecular formula is C28H40O7. The number of ether oxygens (including phenoxy) is 4. The van der Waals surface area contributed by atoms with Crippen molar-refractivity contribution in [3.63, 3.8) is 0 Å². The molecule has 1 heterocycles. The highest BCUT2D eigenvalue weighted by molar-refractivity contribution is 6.01.